The Morgan fingerprint density at radius 3 is 2.80 bits per heavy atom. The second-order valence-electron chi connectivity index (χ2n) is 5.35. The van der Waals surface area contributed by atoms with Crippen LogP contribution >= 0.6 is 11.6 Å². The Morgan fingerprint density at radius 2 is 2.05 bits per heavy atom. The zero-order valence-electron chi connectivity index (χ0n) is 11.4. The fraction of sp³-hybridized carbons (Fsp3) is 0.533. The lowest BCUT2D eigenvalue weighted by Gasteiger charge is -2.36. The Hall–Kier alpha value is -1.26. The van der Waals surface area contributed by atoms with E-state index >= 15 is 0 Å². The van der Waals surface area contributed by atoms with Crippen molar-refractivity contribution in [2.45, 2.75) is 18.9 Å². The van der Waals surface area contributed by atoms with Crippen molar-refractivity contribution in [1.82, 2.24) is 4.90 Å². The van der Waals surface area contributed by atoms with Crippen molar-refractivity contribution in [3.8, 4) is 5.75 Å². The first-order chi connectivity index (χ1) is 9.78. The average molecular weight is 295 g/mol. The molecular weight excluding hydrogens is 276 g/mol. The van der Waals surface area contributed by atoms with E-state index in [0.717, 1.165) is 31.1 Å². The molecule has 2 aliphatic heterocycles. The maximum absolute atomic E-state index is 12.0. The number of para-hydroxylation sites is 2. The predicted octanol–water partition coefficient (Wildman–Crippen LogP) is 2.12. The van der Waals surface area contributed by atoms with Gasteiger partial charge in [-0.1, -0.05) is 12.1 Å². The SMILES string of the molecule is O=C(CCl)N1CC(CN2CCCC2)Oc2ccccc21. The van der Waals surface area contributed by atoms with Crippen molar-refractivity contribution >= 4 is 23.2 Å². The molecule has 0 radical (unpaired) electrons. The van der Waals surface area contributed by atoms with Crippen molar-refractivity contribution in [2.24, 2.45) is 0 Å². The summed E-state index contributed by atoms with van der Waals surface area (Å²) >= 11 is 5.73. The van der Waals surface area contributed by atoms with E-state index in [2.05, 4.69) is 4.90 Å². The fourth-order valence-corrected chi connectivity index (χ4v) is 3.10. The second kappa shape index (κ2) is 6.02. The number of amides is 1. The minimum Gasteiger partial charge on any atom is -0.485 e. The molecule has 1 fully saturated rings. The Balaban J connectivity index is 1.78. The van der Waals surface area contributed by atoms with Gasteiger partial charge in [-0.2, -0.15) is 0 Å². The first kappa shape index (κ1) is 13.7. The first-order valence-corrected chi connectivity index (χ1v) is 7.66. The minimum absolute atomic E-state index is 0.00473. The van der Waals surface area contributed by atoms with E-state index in [1.807, 2.05) is 24.3 Å². The van der Waals surface area contributed by atoms with Gasteiger partial charge in [-0.25, -0.2) is 0 Å². The molecule has 2 heterocycles. The van der Waals surface area contributed by atoms with Gasteiger partial charge in [0.15, 0.2) is 0 Å². The number of nitrogens with zero attached hydrogens (tertiary/aromatic N) is 2. The van der Waals surface area contributed by atoms with Gasteiger partial charge in [0.25, 0.3) is 0 Å². The molecule has 1 saturated heterocycles. The third-order valence-electron chi connectivity index (χ3n) is 3.91. The Bertz CT molecular complexity index is 489. The number of carbonyl (C=O) groups excluding carboxylic acids is 1. The van der Waals surface area contributed by atoms with Crippen LogP contribution in [0.15, 0.2) is 24.3 Å². The van der Waals surface area contributed by atoms with Crippen LogP contribution in [0.4, 0.5) is 5.69 Å². The molecule has 0 aromatic heterocycles. The number of rotatable bonds is 3. The zero-order chi connectivity index (χ0) is 13.9. The van der Waals surface area contributed by atoms with Gasteiger partial charge >= 0.3 is 0 Å². The number of halogens is 1. The van der Waals surface area contributed by atoms with Gasteiger partial charge < -0.3 is 9.64 Å². The number of carbonyl (C=O) groups is 1. The van der Waals surface area contributed by atoms with Gasteiger partial charge in [0.2, 0.25) is 5.91 Å². The number of ether oxygens (including phenoxy) is 1. The van der Waals surface area contributed by atoms with Crippen LogP contribution in [-0.4, -0.2) is 49.0 Å². The summed E-state index contributed by atoms with van der Waals surface area (Å²) in [4.78, 5) is 16.2. The molecule has 1 atom stereocenters. The maximum atomic E-state index is 12.0. The quantitative estimate of drug-likeness (QED) is 0.801. The van der Waals surface area contributed by atoms with E-state index in [-0.39, 0.29) is 17.9 Å². The summed E-state index contributed by atoms with van der Waals surface area (Å²) in [5.41, 5.74) is 0.829. The highest BCUT2D eigenvalue weighted by Gasteiger charge is 2.30. The lowest BCUT2D eigenvalue weighted by molar-refractivity contribution is -0.116. The third kappa shape index (κ3) is 2.76. The summed E-state index contributed by atoms with van der Waals surface area (Å²) in [5.74, 6) is 0.723. The summed E-state index contributed by atoms with van der Waals surface area (Å²) in [6.45, 7) is 3.72. The second-order valence-corrected chi connectivity index (χ2v) is 5.62. The van der Waals surface area contributed by atoms with Gasteiger partial charge in [-0.05, 0) is 38.1 Å². The molecule has 108 valence electrons. The van der Waals surface area contributed by atoms with E-state index in [1.165, 1.54) is 12.8 Å². The molecule has 0 saturated carbocycles. The number of fused-ring (bicyclic) bond motifs is 1. The molecule has 1 amide bonds. The van der Waals surface area contributed by atoms with Gasteiger partial charge in [0.05, 0.1) is 12.2 Å². The monoisotopic (exact) mass is 294 g/mol. The highest BCUT2D eigenvalue weighted by Crippen LogP contribution is 2.33. The van der Waals surface area contributed by atoms with Crippen LogP contribution in [0, 0.1) is 0 Å². The number of hydrogen-bond acceptors (Lipinski definition) is 3. The molecule has 4 nitrogen and oxygen atoms in total. The molecule has 2 aliphatic rings. The lowest BCUT2D eigenvalue weighted by Crippen LogP contribution is -2.48. The molecule has 3 rings (SSSR count). The van der Waals surface area contributed by atoms with Crippen molar-refractivity contribution in [3.63, 3.8) is 0 Å². The molecule has 0 bridgehead atoms. The van der Waals surface area contributed by atoms with Crippen molar-refractivity contribution in [2.75, 3.05) is 37.0 Å². The Morgan fingerprint density at radius 1 is 1.30 bits per heavy atom. The molecule has 0 aliphatic carbocycles. The topological polar surface area (TPSA) is 32.8 Å². The van der Waals surface area contributed by atoms with Crippen LogP contribution < -0.4 is 9.64 Å². The Kier molecular flexibility index (Phi) is 4.13. The molecule has 0 N–H and O–H groups in total. The number of alkyl halides is 1. The van der Waals surface area contributed by atoms with Gasteiger partial charge in [0, 0.05) is 6.54 Å². The summed E-state index contributed by atoms with van der Waals surface area (Å²) in [5, 5.41) is 0. The highest BCUT2D eigenvalue weighted by molar-refractivity contribution is 6.29. The van der Waals surface area contributed by atoms with Crippen LogP contribution in [0.25, 0.3) is 0 Å². The average Bonchev–Trinajstić information content (AvgIpc) is 2.98. The van der Waals surface area contributed by atoms with E-state index in [4.69, 9.17) is 16.3 Å². The zero-order valence-corrected chi connectivity index (χ0v) is 12.2. The summed E-state index contributed by atoms with van der Waals surface area (Å²) in [6.07, 6.45) is 2.54. The molecule has 20 heavy (non-hydrogen) atoms. The summed E-state index contributed by atoms with van der Waals surface area (Å²) in [6, 6.07) is 7.67. The van der Waals surface area contributed by atoms with Crippen molar-refractivity contribution in [1.29, 1.82) is 0 Å². The first-order valence-electron chi connectivity index (χ1n) is 7.12. The van der Waals surface area contributed by atoms with Gasteiger partial charge in [-0.15, -0.1) is 11.6 Å². The molecule has 1 unspecified atom stereocenters. The van der Waals surface area contributed by atoms with Crippen molar-refractivity contribution in [3.05, 3.63) is 24.3 Å². The lowest BCUT2D eigenvalue weighted by atomic mass is 10.2. The largest absolute Gasteiger partial charge is 0.485 e. The molecule has 1 aromatic carbocycles. The van der Waals surface area contributed by atoms with E-state index in [1.54, 1.807) is 4.90 Å². The number of likely N-dealkylation sites (tertiary alicyclic amines) is 1. The molecule has 5 heteroatoms. The summed E-state index contributed by atoms with van der Waals surface area (Å²) < 4.78 is 6.04. The van der Waals surface area contributed by atoms with E-state index in [9.17, 15) is 4.79 Å². The summed E-state index contributed by atoms with van der Waals surface area (Å²) in [7, 11) is 0. The van der Waals surface area contributed by atoms with Gasteiger partial charge in [-0.3, -0.25) is 9.69 Å². The smallest absolute Gasteiger partial charge is 0.242 e. The molecule has 1 aromatic rings. The van der Waals surface area contributed by atoms with Crippen LogP contribution in [0.2, 0.25) is 0 Å². The van der Waals surface area contributed by atoms with Crippen LogP contribution in [0.1, 0.15) is 12.8 Å². The van der Waals surface area contributed by atoms with Crippen LogP contribution in [0.5, 0.6) is 5.75 Å². The van der Waals surface area contributed by atoms with Crippen LogP contribution in [-0.2, 0) is 4.79 Å². The number of anilines is 1. The predicted molar refractivity (Wildman–Crippen MR) is 79.6 cm³/mol. The number of benzene rings is 1. The molecule has 0 spiro atoms. The van der Waals surface area contributed by atoms with Gasteiger partial charge in [0.1, 0.15) is 17.7 Å². The fourth-order valence-electron chi connectivity index (χ4n) is 2.96. The third-order valence-corrected chi connectivity index (χ3v) is 4.14. The van der Waals surface area contributed by atoms with E-state index in [0.29, 0.717) is 6.54 Å². The number of hydrogen-bond donors (Lipinski definition) is 0. The maximum Gasteiger partial charge on any atom is 0.242 e. The van der Waals surface area contributed by atoms with Crippen molar-refractivity contribution < 1.29 is 9.53 Å². The van der Waals surface area contributed by atoms with Crippen LogP contribution in [0.3, 0.4) is 0 Å². The van der Waals surface area contributed by atoms with E-state index < -0.39 is 0 Å². The Labute approximate surface area is 124 Å². The normalized spacial score (nSPS) is 22.4. The highest BCUT2D eigenvalue weighted by atomic mass is 35.5. The molecular formula is C15H19ClN2O2. The standard InChI is InChI=1S/C15H19ClN2O2/c16-9-15(19)18-11-12(10-17-7-3-4-8-17)20-14-6-2-1-5-13(14)18/h1-2,5-6,12H,3-4,7-11H2. The minimum atomic E-state index is -0.0613.